The standard InChI is InChI=1S/C29H30N6O.2ClH/c1-20(36)34-14-16-35(17-15-34)28-31-19-23-18-25(21-6-3-2-4-7-21)26(32-27(23)33-28)22-8-10-24(11-9-22)29(30)12-5-13-29;;/h2-4,6-11,18-19H,5,12-17,30H2,1H3;2*1H. The average molecular weight is 552 g/mol. The Balaban J connectivity index is 0.00000168. The Morgan fingerprint density at radius 2 is 1.58 bits per heavy atom. The van der Waals surface area contributed by atoms with Gasteiger partial charge in [0.05, 0.1) is 5.69 Å². The first-order chi connectivity index (χ1) is 17.5. The van der Waals surface area contributed by atoms with Crippen molar-refractivity contribution < 1.29 is 4.79 Å². The highest BCUT2D eigenvalue weighted by Gasteiger charge is 2.34. The first kappa shape index (κ1) is 27.8. The minimum atomic E-state index is -0.188. The third-order valence-corrected chi connectivity index (χ3v) is 7.63. The molecule has 1 aliphatic heterocycles. The zero-order chi connectivity index (χ0) is 24.7. The molecule has 0 unspecified atom stereocenters. The van der Waals surface area contributed by atoms with E-state index in [4.69, 9.17) is 15.7 Å². The van der Waals surface area contributed by atoms with Crippen LogP contribution in [0.15, 0.2) is 66.9 Å². The number of fused-ring (bicyclic) bond motifs is 1. The summed E-state index contributed by atoms with van der Waals surface area (Å²) in [6.07, 6.45) is 5.12. The molecule has 2 aromatic heterocycles. The number of carbonyl (C=O) groups is 1. The Morgan fingerprint density at radius 1 is 0.895 bits per heavy atom. The van der Waals surface area contributed by atoms with E-state index in [1.807, 2.05) is 29.3 Å². The van der Waals surface area contributed by atoms with E-state index in [1.54, 1.807) is 6.92 Å². The van der Waals surface area contributed by atoms with Crippen LogP contribution in [-0.4, -0.2) is 51.9 Å². The van der Waals surface area contributed by atoms with Gasteiger partial charge in [0, 0.05) is 61.4 Å². The molecule has 6 rings (SSSR count). The monoisotopic (exact) mass is 550 g/mol. The molecule has 0 radical (unpaired) electrons. The van der Waals surface area contributed by atoms with Crippen LogP contribution < -0.4 is 10.6 Å². The Labute approximate surface area is 235 Å². The number of halogens is 2. The van der Waals surface area contributed by atoms with Crippen LogP contribution in [0.2, 0.25) is 0 Å². The van der Waals surface area contributed by atoms with E-state index >= 15 is 0 Å². The molecular formula is C29H32Cl2N6O. The van der Waals surface area contributed by atoms with E-state index in [-0.39, 0.29) is 36.3 Å². The second-order valence-electron chi connectivity index (χ2n) is 9.91. The summed E-state index contributed by atoms with van der Waals surface area (Å²) in [6, 6.07) is 21.0. The van der Waals surface area contributed by atoms with E-state index < -0.39 is 0 Å². The van der Waals surface area contributed by atoms with Gasteiger partial charge in [-0.2, -0.15) is 4.98 Å². The maximum absolute atomic E-state index is 11.7. The summed E-state index contributed by atoms with van der Waals surface area (Å²) in [5.74, 6) is 0.764. The fourth-order valence-electron chi connectivity index (χ4n) is 5.19. The minimum absolute atomic E-state index is 0. The van der Waals surface area contributed by atoms with Gasteiger partial charge in [0.1, 0.15) is 0 Å². The number of pyridine rings is 1. The van der Waals surface area contributed by atoms with Crippen molar-refractivity contribution in [3.05, 3.63) is 72.4 Å². The molecule has 0 bridgehead atoms. The van der Waals surface area contributed by atoms with Gasteiger partial charge in [-0.1, -0.05) is 54.6 Å². The molecule has 0 spiro atoms. The van der Waals surface area contributed by atoms with E-state index in [9.17, 15) is 4.79 Å². The zero-order valence-corrected chi connectivity index (χ0v) is 23.0. The van der Waals surface area contributed by atoms with Gasteiger partial charge in [-0.3, -0.25) is 4.79 Å². The molecule has 3 heterocycles. The molecule has 198 valence electrons. The summed E-state index contributed by atoms with van der Waals surface area (Å²) in [7, 11) is 0. The summed E-state index contributed by atoms with van der Waals surface area (Å²) >= 11 is 0. The lowest BCUT2D eigenvalue weighted by Gasteiger charge is -2.38. The number of carbonyl (C=O) groups excluding carboxylic acids is 1. The van der Waals surface area contributed by atoms with Crippen LogP contribution >= 0.6 is 24.8 Å². The lowest BCUT2D eigenvalue weighted by atomic mass is 9.72. The van der Waals surface area contributed by atoms with Crippen molar-refractivity contribution in [2.75, 3.05) is 31.1 Å². The first-order valence-corrected chi connectivity index (χ1v) is 12.6. The predicted molar refractivity (Wildman–Crippen MR) is 157 cm³/mol. The summed E-state index contributed by atoms with van der Waals surface area (Å²) in [6.45, 7) is 4.39. The Bertz CT molecular complexity index is 1420. The lowest BCUT2D eigenvalue weighted by molar-refractivity contribution is -0.129. The maximum atomic E-state index is 11.7. The Morgan fingerprint density at radius 3 is 2.18 bits per heavy atom. The number of amides is 1. The number of nitrogens with zero attached hydrogens (tertiary/aromatic N) is 5. The van der Waals surface area contributed by atoms with Crippen LogP contribution in [0, 0.1) is 0 Å². The predicted octanol–water partition coefficient (Wildman–Crippen LogP) is 5.21. The third-order valence-electron chi connectivity index (χ3n) is 7.63. The Hall–Kier alpha value is -3.26. The molecule has 2 aliphatic rings. The van der Waals surface area contributed by atoms with Gasteiger partial charge in [0.15, 0.2) is 5.65 Å². The van der Waals surface area contributed by atoms with Gasteiger partial charge in [-0.05, 0) is 36.5 Å². The summed E-state index contributed by atoms with van der Waals surface area (Å²) in [5.41, 5.74) is 12.3. The fraction of sp³-hybridized carbons (Fsp3) is 0.310. The average Bonchev–Trinajstić information content (AvgIpc) is 2.91. The van der Waals surface area contributed by atoms with Crippen molar-refractivity contribution in [1.82, 2.24) is 19.9 Å². The van der Waals surface area contributed by atoms with Gasteiger partial charge in [-0.25, -0.2) is 9.97 Å². The highest BCUT2D eigenvalue weighted by molar-refractivity contribution is 5.90. The van der Waals surface area contributed by atoms with E-state index in [0.29, 0.717) is 37.8 Å². The van der Waals surface area contributed by atoms with Crippen LogP contribution in [0.25, 0.3) is 33.4 Å². The lowest BCUT2D eigenvalue weighted by Crippen LogP contribution is -2.48. The van der Waals surface area contributed by atoms with Crippen molar-refractivity contribution in [2.24, 2.45) is 5.73 Å². The third kappa shape index (κ3) is 5.19. The maximum Gasteiger partial charge on any atom is 0.227 e. The Kier molecular flexibility index (Phi) is 8.21. The summed E-state index contributed by atoms with van der Waals surface area (Å²) in [5, 5.41) is 0.899. The van der Waals surface area contributed by atoms with Crippen LogP contribution in [0.3, 0.4) is 0 Å². The van der Waals surface area contributed by atoms with Crippen molar-refractivity contribution >= 4 is 47.7 Å². The normalized spacial score (nSPS) is 16.3. The molecule has 9 heteroatoms. The molecule has 1 amide bonds. The van der Waals surface area contributed by atoms with Crippen LogP contribution in [0.4, 0.5) is 5.95 Å². The van der Waals surface area contributed by atoms with Gasteiger partial charge in [0.25, 0.3) is 0 Å². The fourth-order valence-corrected chi connectivity index (χ4v) is 5.19. The number of piperazine rings is 1. The first-order valence-electron chi connectivity index (χ1n) is 12.6. The van der Waals surface area contributed by atoms with E-state index in [2.05, 4.69) is 52.3 Å². The summed E-state index contributed by atoms with van der Waals surface area (Å²) < 4.78 is 0. The SMILES string of the molecule is CC(=O)N1CCN(c2ncc3cc(-c4ccccc4)c(-c4ccc(C5(N)CCC5)cc4)nc3n2)CC1.Cl.Cl. The number of hydrogen-bond donors (Lipinski definition) is 1. The molecule has 2 N–H and O–H groups in total. The van der Waals surface area contributed by atoms with Crippen molar-refractivity contribution in [3.63, 3.8) is 0 Å². The molecular weight excluding hydrogens is 519 g/mol. The number of rotatable bonds is 4. The van der Waals surface area contributed by atoms with Crippen molar-refractivity contribution in [2.45, 2.75) is 31.7 Å². The second-order valence-corrected chi connectivity index (χ2v) is 9.91. The highest BCUT2D eigenvalue weighted by atomic mass is 35.5. The van der Waals surface area contributed by atoms with Crippen LogP contribution in [0.1, 0.15) is 31.7 Å². The molecule has 1 saturated heterocycles. The summed E-state index contributed by atoms with van der Waals surface area (Å²) in [4.78, 5) is 30.2. The topological polar surface area (TPSA) is 88.2 Å². The van der Waals surface area contributed by atoms with Gasteiger partial charge in [-0.15, -0.1) is 24.8 Å². The quantitative estimate of drug-likeness (QED) is 0.375. The molecule has 2 aromatic carbocycles. The number of nitrogens with two attached hydrogens (primary N) is 1. The molecule has 0 atom stereocenters. The molecule has 1 saturated carbocycles. The second kappa shape index (κ2) is 11.2. The van der Waals surface area contributed by atoms with Crippen LogP contribution in [0.5, 0.6) is 0 Å². The number of benzene rings is 2. The van der Waals surface area contributed by atoms with Crippen molar-refractivity contribution in [3.8, 4) is 22.4 Å². The number of anilines is 1. The van der Waals surface area contributed by atoms with Crippen LogP contribution in [-0.2, 0) is 10.3 Å². The van der Waals surface area contributed by atoms with E-state index in [1.165, 1.54) is 12.0 Å². The zero-order valence-electron chi connectivity index (χ0n) is 21.3. The van der Waals surface area contributed by atoms with E-state index in [0.717, 1.165) is 40.6 Å². The number of hydrogen-bond acceptors (Lipinski definition) is 6. The van der Waals surface area contributed by atoms with Gasteiger partial charge < -0.3 is 15.5 Å². The molecule has 7 nitrogen and oxygen atoms in total. The smallest absolute Gasteiger partial charge is 0.227 e. The molecule has 38 heavy (non-hydrogen) atoms. The molecule has 1 aliphatic carbocycles. The molecule has 4 aromatic rings. The highest BCUT2D eigenvalue weighted by Crippen LogP contribution is 2.40. The molecule has 2 fully saturated rings. The van der Waals surface area contributed by atoms with Crippen molar-refractivity contribution in [1.29, 1.82) is 0 Å². The van der Waals surface area contributed by atoms with Gasteiger partial charge in [0.2, 0.25) is 11.9 Å². The minimum Gasteiger partial charge on any atom is -0.339 e. The largest absolute Gasteiger partial charge is 0.339 e. The number of aromatic nitrogens is 3. The van der Waals surface area contributed by atoms with Gasteiger partial charge >= 0.3 is 0 Å².